The van der Waals surface area contributed by atoms with Gasteiger partial charge in [-0.15, -0.1) is 0 Å². The van der Waals surface area contributed by atoms with Gasteiger partial charge in [0.2, 0.25) is 10.0 Å². The van der Waals surface area contributed by atoms with E-state index in [0.29, 0.717) is 28.4 Å². The van der Waals surface area contributed by atoms with Crippen molar-refractivity contribution in [3.8, 4) is 11.1 Å². The van der Waals surface area contributed by atoms with Crippen LogP contribution in [0.4, 0.5) is 19.0 Å². The van der Waals surface area contributed by atoms with Gasteiger partial charge in [0.05, 0.1) is 11.1 Å². The molecule has 0 unspecified atom stereocenters. The lowest BCUT2D eigenvalue weighted by Gasteiger charge is -2.22. The van der Waals surface area contributed by atoms with Gasteiger partial charge in [0, 0.05) is 10.9 Å². The zero-order chi connectivity index (χ0) is 21.7. The number of nitrogens with two attached hydrogens (primary N) is 2. The number of halogens is 3. The number of hydrogen-bond acceptors (Lipinski definition) is 8. The maximum atomic E-state index is 13.6. The van der Waals surface area contributed by atoms with E-state index in [9.17, 15) is 21.6 Å². The summed E-state index contributed by atoms with van der Waals surface area (Å²) in [6.45, 7) is 0. The average molecular weight is 439 g/mol. The Morgan fingerprint density at radius 2 is 1.70 bits per heavy atom. The SMILES string of the molecule is Nc1ccc2cc(-c3ccc(C(F)(F)F)c(S(N)(=O)=O)c3C3NNNN3)ccc2n1. The minimum Gasteiger partial charge on any atom is -0.384 e. The third kappa shape index (κ3) is 3.69. The summed E-state index contributed by atoms with van der Waals surface area (Å²) in [4.78, 5) is 3.17. The molecule has 3 aromatic rings. The fourth-order valence-corrected chi connectivity index (χ4v) is 4.40. The van der Waals surface area contributed by atoms with E-state index < -0.39 is 32.8 Å². The molecule has 158 valence electrons. The monoisotopic (exact) mass is 439 g/mol. The molecule has 0 atom stereocenters. The highest BCUT2D eigenvalue weighted by Gasteiger charge is 2.40. The molecule has 9 nitrogen and oxygen atoms in total. The first-order valence-electron chi connectivity index (χ1n) is 8.50. The number of hydrogen-bond donors (Lipinski definition) is 6. The van der Waals surface area contributed by atoms with E-state index in [-0.39, 0.29) is 11.1 Å². The summed E-state index contributed by atoms with van der Waals surface area (Å²) in [6, 6.07) is 10.1. The zero-order valence-electron chi connectivity index (χ0n) is 15.1. The maximum Gasteiger partial charge on any atom is 0.417 e. The molecule has 4 rings (SSSR count). The van der Waals surface area contributed by atoms with Crippen molar-refractivity contribution in [3.63, 3.8) is 0 Å². The number of pyridine rings is 1. The Kier molecular flexibility index (Phi) is 4.88. The second-order valence-corrected chi connectivity index (χ2v) is 8.06. The molecule has 2 heterocycles. The minimum absolute atomic E-state index is 0.187. The molecule has 0 amide bonds. The van der Waals surface area contributed by atoms with Crippen molar-refractivity contribution in [2.75, 3.05) is 5.73 Å². The second kappa shape index (κ2) is 7.16. The van der Waals surface area contributed by atoms with E-state index in [2.05, 4.69) is 26.9 Å². The predicted molar refractivity (Wildman–Crippen MR) is 103 cm³/mol. The number of anilines is 1. The molecule has 2 aromatic carbocycles. The van der Waals surface area contributed by atoms with Gasteiger partial charge in [0.15, 0.2) is 0 Å². The molecule has 0 radical (unpaired) electrons. The van der Waals surface area contributed by atoms with Crippen LogP contribution in [-0.4, -0.2) is 13.4 Å². The fourth-order valence-electron chi connectivity index (χ4n) is 3.37. The highest BCUT2D eigenvalue weighted by atomic mass is 32.2. The van der Waals surface area contributed by atoms with Gasteiger partial charge in [-0.25, -0.2) is 29.4 Å². The van der Waals surface area contributed by atoms with Gasteiger partial charge in [0.1, 0.15) is 16.9 Å². The minimum atomic E-state index is -4.93. The Balaban J connectivity index is 2.04. The largest absolute Gasteiger partial charge is 0.417 e. The number of rotatable bonds is 3. The molecule has 30 heavy (non-hydrogen) atoms. The number of aromatic nitrogens is 1. The number of benzene rings is 2. The van der Waals surface area contributed by atoms with Gasteiger partial charge >= 0.3 is 6.18 Å². The molecule has 0 spiro atoms. The van der Waals surface area contributed by atoms with Crippen LogP contribution in [0.2, 0.25) is 0 Å². The van der Waals surface area contributed by atoms with Crippen molar-refractivity contribution in [2.24, 2.45) is 5.14 Å². The quantitative estimate of drug-likeness (QED) is 0.358. The number of nitrogens with zero attached hydrogens (tertiary/aromatic N) is 1. The van der Waals surface area contributed by atoms with Crippen LogP contribution < -0.4 is 32.8 Å². The summed E-state index contributed by atoms with van der Waals surface area (Å²) >= 11 is 0. The number of fused-ring (bicyclic) bond motifs is 1. The Bertz CT molecular complexity index is 1240. The van der Waals surface area contributed by atoms with Gasteiger partial charge in [0.25, 0.3) is 0 Å². The van der Waals surface area contributed by atoms with Crippen LogP contribution in [0, 0.1) is 0 Å². The summed E-state index contributed by atoms with van der Waals surface area (Å²) in [6.07, 6.45) is -5.96. The molecule has 8 N–H and O–H groups in total. The van der Waals surface area contributed by atoms with Crippen LogP contribution >= 0.6 is 0 Å². The van der Waals surface area contributed by atoms with Gasteiger partial charge < -0.3 is 5.73 Å². The van der Waals surface area contributed by atoms with Crippen LogP contribution in [0.15, 0.2) is 47.4 Å². The zero-order valence-corrected chi connectivity index (χ0v) is 15.9. The molecule has 1 aliphatic rings. The standard InChI is InChI=1S/C17H16F3N7O2S/c18-17(19,20)11-4-3-10(8-1-5-12-9(7-8)2-6-13(21)23-12)14(15(11)30(22,28)29)16-24-26-27-25-16/h1-7,16,24-27H,(H2,21,23)(H2,22,28,29). The molecule has 1 aromatic heterocycles. The molecule has 13 heteroatoms. The van der Waals surface area contributed by atoms with E-state index in [1.165, 1.54) is 6.07 Å². The lowest BCUT2D eigenvalue weighted by molar-refractivity contribution is -0.140. The van der Waals surface area contributed by atoms with E-state index in [1.54, 1.807) is 30.3 Å². The van der Waals surface area contributed by atoms with Crippen molar-refractivity contribution in [3.05, 3.63) is 53.6 Å². The molecule has 0 aliphatic carbocycles. The summed E-state index contributed by atoms with van der Waals surface area (Å²) in [7, 11) is -4.75. The number of hydrazine groups is 3. The molecular weight excluding hydrogens is 423 g/mol. The summed E-state index contributed by atoms with van der Waals surface area (Å²) in [5, 5.41) is 5.90. The maximum absolute atomic E-state index is 13.6. The van der Waals surface area contributed by atoms with E-state index in [1.807, 2.05) is 0 Å². The molecule has 1 saturated heterocycles. The smallest absolute Gasteiger partial charge is 0.384 e. The van der Waals surface area contributed by atoms with E-state index in [4.69, 9.17) is 10.9 Å². The van der Waals surface area contributed by atoms with Gasteiger partial charge in [-0.05, 0) is 41.5 Å². The molecule has 0 saturated carbocycles. The molecule has 1 aliphatic heterocycles. The van der Waals surface area contributed by atoms with Crippen molar-refractivity contribution >= 4 is 26.7 Å². The van der Waals surface area contributed by atoms with Gasteiger partial charge in [-0.1, -0.05) is 12.1 Å². The van der Waals surface area contributed by atoms with Gasteiger partial charge in [-0.3, -0.25) is 0 Å². The third-order valence-electron chi connectivity index (χ3n) is 4.59. The highest BCUT2D eigenvalue weighted by Crippen LogP contribution is 2.41. The summed E-state index contributed by atoms with van der Waals surface area (Å²) in [5.74, 6) is 0.318. The first-order chi connectivity index (χ1) is 14.1. The molecular formula is C17H16F3N7O2S. The van der Waals surface area contributed by atoms with Crippen molar-refractivity contribution in [2.45, 2.75) is 17.2 Å². The second-order valence-electron chi connectivity index (χ2n) is 6.56. The summed E-state index contributed by atoms with van der Waals surface area (Å²) < 4.78 is 65.4. The first kappa shape index (κ1) is 20.5. The lowest BCUT2D eigenvalue weighted by Crippen LogP contribution is -2.33. The van der Waals surface area contributed by atoms with Crippen molar-refractivity contribution < 1.29 is 21.6 Å². The number of sulfonamides is 1. The number of primary sulfonamides is 1. The Morgan fingerprint density at radius 1 is 1.00 bits per heavy atom. The Labute approximate surface area is 168 Å². The molecule has 1 fully saturated rings. The summed E-state index contributed by atoms with van der Waals surface area (Å²) in [5.41, 5.74) is 15.6. The fraction of sp³-hybridized carbons (Fsp3) is 0.118. The van der Waals surface area contributed by atoms with Crippen LogP contribution in [0.1, 0.15) is 17.3 Å². The van der Waals surface area contributed by atoms with Crippen molar-refractivity contribution in [1.29, 1.82) is 0 Å². The Morgan fingerprint density at radius 3 is 2.33 bits per heavy atom. The van der Waals surface area contributed by atoms with Crippen molar-refractivity contribution in [1.82, 2.24) is 26.9 Å². The average Bonchev–Trinajstić information content (AvgIpc) is 3.19. The van der Waals surface area contributed by atoms with E-state index in [0.717, 1.165) is 0 Å². The predicted octanol–water partition coefficient (Wildman–Crippen LogP) is 1.27. The number of nitrogen functional groups attached to an aromatic ring is 1. The third-order valence-corrected chi connectivity index (χ3v) is 5.60. The van der Waals surface area contributed by atoms with Crippen LogP contribution in [0.25, 0.3) is 22.0 Å². The van der Waals surface area contributed by atoms with Crippen LogP contribution in [-0.2, 0) is 16.2 Å². The van der Waals surface area contributed by atoms with Crippen LogP contribution in [0.5, 0.6) is 0 Å². The molecule has 0 bridgehead atoms. The van der Waals surface area contributed by atoms with Gasteiger partial charge in [-0.2, -0.15) is 24.2 Å². The number of alkyl halides is 3. The topological polar surface area (TPSA) is 147 Å². The Hall–Kier alpha value is -2.81. The van der Waals surface area contributed by atoms with Crippen LogP contribution in [0.3, 0.4) is 0 Å². The van der Waals surface area contributed by atoms with E-state index >= 15 is 0 Å². The normalized spacial score (nSPS) is 15.7. The number of nitrogens with one attached hydrogen (secondary N) is 4. The first-order valence-corrected chi connectivity index (χ1v) is 10.0. The highest BCUT2D eigenvalue weighted by molar-refractivity contribution is 7.89. The lowest BCUT2D eigenvalue weighted by atomic mass is 9.94.